The fourth-order valence-corrected chi connectivity index (χ4v) is 0.510. The molecule has 0 fully saturated rings. The summed E-state index contributed by atoms with van der Waals surface area (Å²) in [5.74, 6) is 1.27. The van der Waals surface area contributed by atoms with Crippen LogP contribution in [0.2, 0.25) is 0 Å². The van der Waals surface area contributed by atoms with E-state index in [1.54, 1.807) is 33.5 Å². The van der Waals surface area contributed by atoms with E-state index in [2.05, 4.69) is 15.3 Å². The van der Waals surface area contributed by atoms with Crippen molar-refractivity contribution in [2.24, 2.45) is 9.98 Å². The van der Waals surface area contributed by atoms with Crippen LogP contribution < -0.4 is 5.32 Å². The first-order valence-corrected chi connectivity index (χ1v) is 3.69. The fraction of sp³-hybridized carbons (Fsp3) is 0.500. The summed E-state index contributed by atoms with van der Waals surface area (Å²) in [6.07, 6.45) is 3.32. The Morgan fingerprint density at radius 2 is 2.17 bits per heavy atom. The Labute approximate surface area is 73.1 Å². The van der Waals surface area contributed by atoms with Gasteiger partial charge in [0.1, 0.15) is 5.82 Å². The van der Waals surface area contributed by atoms with Crippen molar-refractivity contribution in [1.29, 1.82) is 0 Å². The molecule has 4 heteroatoms. The van der Waals surface area contributed by atoms with Gasteiger partial charge in [0.05, 0.1) is 13.3 Å². The Morgan fingerprint density at radius 3 is 2.58 bits per heavy atom. The second-order valence-electron chi connectivity index (χ2n) is 2.01. The van der Waals surface area contributed by atoms with E-state index in [-0.39, 0.29) is 0 Å². The molecule has 68 valence electrons. The summed E-state index contributed by atoms with van der Waals surface area (Å²) < 4.78 is 4.88. The van der Waals surface area contributed by atoms with Crippen molar-refractivity contribution in [3.8, 4) is 0 Å². The maximum absolute atomic E-state index is 4.88. The zero-order chi connectivity index (χ0) is 9.40. The Balaban J connectivity index is 4.35. The standard InChI is InChI=1S/C8H15N3O/c1-5-10-6-8(9-3)11-7(2)12-4/h5-6,9H,1-4H3/b8-6-,10-5+,11-7+. The average Bonchev–Trinajstić information content (AvgIpc) is 2.11. The highest BCUT2D eigenvalue weighted by Crippen LogP contribution is 1.92. The molecule has 0 aromatic carbocycles. The molecule has 0 aliphatic carbocycles. The fourth-order valence-electron chi connectivity index (χ4n) is 0.510. The number of nitrogens with one attached hydrogen (secondary N) is 1. The Hall–Kier alpha value is -1.32. The summed E-state index contributed by atoms with van der Waals surface area (Å²) in [4.78, 5) is 8.00. The van der Waals surface area contributed by atoms with Gasteiger partial charge in [-0.15, -0.1) is 0 Å². The molecule has 12 heavy (non-hydrogen) atoms. The molecule has 0 unspecified atom stereocenters. The molecule has 0 bridgehead atoms. The van der Waals surface area contributed by atoms with Gasteiger partial charge >= 0.3 is 0 Å². The van der Waals surface area contributed by atoms with Gasteiger partial charge in [0.2, 0.25) is 0 Å². The first kappa shape index (κ1) is 10.7. The molecule has 0 heterocycles. The molecule has 1 N–H and O–H groups in total. The Bertz CT molecular complexity index is 204. The molecule has 0 radical (unpaired) electrons. The van der Waals surface area contributed by atoms with Gasteiger partial charge in [0.15, 0.2) is 5.90 Å². The van der Waals surface area contributed by atoms with E-state index in [1.165, 1.54) is 0 Å². The van der Waals surface area contributed by atoms with Gasteiger partial charge in [0.25, 0.3) is 0 Å². The number of aliphatic imine (C=N–C) groups is 2. The number of nitrogens with zero attached hydrogens (tertiary/aromatic N) is 2. The lowest BCUT2D eigenvalue weighted by molar-refractivity contribution is 0.399. The molecule has 0 atom stereocenters. The van der Waals surface area contributed by atoms with E-state index in [4.69, 9.17) is 4.74 Å². The molecule has 0 spiro atoms. The third-order valence-corrected chi connectivity index (χ3v) is 1.18. The number of ether oxygens (including phenoxy) is 1. The first-order valence-electron chi connectivity index (χ1n) is 3.69. The zero-order valence-electron chi connectivity index (χ0n) is 7.96. The third kappa shape index (κ3) is 4.49. The van der Waals surface area contributed by atoms with Crippen LogP contribution in [0, 0.1) is 0 Å². The molecule has 4 nitrogen and oxygen atoms in total. The Morgan fingerprint density at radius 1 is 1.50 bits per heavy atom. The number of methoxy groups -OCH3 is 1. The SMILES string of the molecule is C/C=N/C=C(\N=C(/C)OC)NC. The smallest absolute Gasteiger partial charge is 0.186 e. The molecule has 0 aromatic rings. The van der Waals surface area contributed by atoms with Crippen LogP contribution in [0.4, 0.5) is 0 Å². The highest BCUT2D eigenvalue weighted by atomic mass is 16.5. The number of hydrogen-bond donors (Lipinski definition) is 1. The molecule has 0 amide bonds. The summed E-state index contributed by atoms with van der Waals surface area (Å²) in [6, 6.07) is 0. The third-order valence-electron chi connectivity index (χ3n) is 1.18. The van der Waals surface area contributed by atoms with Crippen LogP contribution in [0.15, 0.2) is 22.0 Å². The van der Waals surface area contributed by atoms with E-state index >= 15 is 0 Å². The van der Waals surface area contributed by atoms with E-state index in [0.717, 1.165) is 0 Å². The number of rotatable bonds is 3. The minimum atomic E-state index is 0.599. The summed E-state index contributed by atoms with van der Waals surface area (Å²) in [5.41, 5.74) is 0. The molecule has 0 rings (SSSR count). The van der Waals surface area contributed by atoms with Crippen LogP contribution in [-0.2, 0) is 4.74 Å². The average molecular weight is 169 g/mol. The predicted molar refractivity (Wildman–Crippen MR) is 51.4 cm³/mol. The molecule has 0 saturated carbocycles. The van der Waals surface area contributed by atoms with Gasteiger partial charge in [-0.25, -0.2) is 0 Å². The maximum Gasteiger partial charge on any atom is 0.186 e. The monoisotopic (exact) mass is 169 g/mol. The lowest BCUT2D eigenvalue weighted by atomic mass is 10.6. The summed E-state index contributed by atoms with van der Waals surface area (Å²) in [7, 11) is 3.36. The van der Waals surface area contributed by atoms with Gasteiger partial charge in [0, 0.05) is 20.2 Å². The van der Waals surface area contributed by atoms with Crippen molar-refractivity contribution in [3.63, 3.8) is 0 Å². The molecule has 0 aliphatic heterocycles. The van der Waals surface area contributed by atoms with Crippen molar-refractivity contribution in [1.82, 2.24) is 5.32 Å². The van der Waals surface area contributed by atoms with Gasteiger partial charge in [-0.2, -0.15) is 4.99 Å². The van der Waals surface area contributed by atoms with Crippen molar-refractivity contribution in [2.75, 3.05) is 14.2 Å². The van der Waals surface area contributed by atoms with Gasteiger partial charge in [-0.1, -0.05) is 0 Å². The van der Waals surface area contributed by atoms with E-state index in [1.807, 2.05) is 6.92 Å². The van der Waals surface area contributed by atoms with E-state index in [9.17, 15) is 0 Å². The minimum absolute atomic E-state index is 0.599. The van der Waals surface area contributed by atoms with Crippen LogP contribution in [0.3, 0.4) is 0 Å². The van der Waals surface area contributed by atoms with Crippen molar-refractivity contribution in [3.05, 3.63) is 12.0 Å². The van der Waals surface area contributed by atoms with E-state index < -0.39 is 0 Å². The van der Waals surface area contributed by atoms with Crippen LogP contribution in [-0.4, -0.2) is 26.3 Å². The van der Waals surface area contributed by atoms with Crippen molar-refractivity contribution >= 4 is 12.1 Å². The molecule has 0 saturated heterocycles. The van der Waals surface area contributed by atoms with E-state index in [0.29, 0.717) is 11.7 Å². The number of hydrogen-bond acceptors (Lipinski definition) is 4. The highest BCUT2D eigenvalue weighted by molar-refractivity contribution is 5.74. The Kier molecular flexibility index (Phi) is 5.69. The maximum atomic E-state index is 4.88. The predicted octanol–water partition coefficient (Wildman–Crippen LogP) is 1.16. The zero-order valence-corrected chi connectivity index (χ0v) is 7.96. The second-order valence-corrected chi connectivity index (χ2v) is 2.01. The van der Waals surface area contributed by atoms with Gasteiger partial charge < -0.3 is 10.1 Å². The highest BCUT2D eigenvalue weighted by Gasteiger charge is 1.90. The molecule has 0 aromatic heterocycles. The normalized spacial score (nSPS) is 13.7. The van der Waals surface area contributed by atoms with Crippen LogP contribution in [0.5, 0.6) is 0 Å². The molecular weight excluding hydrogens is 154 g/mol. The van der Waals surface area contributed by atoms with Crippen molar-refractivity contribution in [2.45, 2.75) is 13.8 Å². The summed E-state index contributed by atoms with van der Waals surface area (Å²) in [5, 5.41) is 2.88. The molecular formula is C8H15N3O. The lowest BCUT2D eigenvalue weighted by Crippen LogP contribution is -2.06. The van der Waals surface area contributed by atoms with Crippen LogP contribution in [0.25, 0.3) is 0 Å². The topological polar surface area (TPSA) is 46.0 Å². The first-order chi connectivity index (χ1) is 5.74. The summed E-state index contributed by atoms with van der Waals surface area (Å²) in [6.45, 7) is 3.62. The largest absolute Gasteiger partial charge is 0.484 e. The van der Waals surface area contributed by atoms with Crippen LogP contribution >= 0.6 is 0 Å². The molecule has 0 aliphatic rings. The van der Waals surface area contributed by atoms with Crippen molar-refractivity contribution < 1.29 is 4.74 Å². The van der Waals surface area contributed by atoms with Crippen LogP contribution in [0.1, 0.15) is 13.8 Å². The van der Waals surface area contributed by atoms with Gasteiger partial charge in [-0.05, 0) is 6.92 Å². The quantitative estimate of drug-likeness (QED) is 0.509. The minimum Gasteiger partial charge on any atom is -0.484 e. The summed E-state index contributed by atoms with van der Waals surface area (Å²) >= 11 is 0. The second kappa shape index (κ2) is 6.39. The lowest BCUT2D eigenvalue weighted by Gasteiger charge is -2.00. The van der Waals surface area contributed by atoms with Gasteiger partial charge in [-0.3, -0.25) is 4.99 Å².